The maximum Gasteiger partial charge on any atom is 0.181 e. The van der Waals surface area contributed by atoms with Crippen molar-refractivity contribution in [1.82, 2.24) is 0 Å². The second-order valence-electron chi connectivity index (χ2n) is 3.23. The molecule has 1 aliphatic rings. The van der Waals surface area contributed by atoms with Gasteiger partial charge in [0.15, 0.2) is 6.29 Å². The Kier molecular flexibility index (Phi) is 2.87. The summed E-state index contributed by atoms with van der Waals surface area (Å²) in [5.41, 5.74) is 0. The molecule has 0 aromatic carbocycles. The molecule has 1 rings (SSSR count). The van der Waals surface area contributed by atoms with Crippen LogP contribution in [0.25, 0.3) is 0 Å². The van der Waals surface area contributed by atoms with Gasteiger partial charge in [-0.3, -0.25) is 0 Å². The van der Waals surface area contributed by atoms with Crippen molar-refractivity contribution in [1.29, 1.82) is 0 Å². The quantitative estimate of drug-likeness (QED) is 0.587. The summed E-state index contributed by atoms with van der Waals surface area (Å²) in [5.74, 6) is 0.189. The molecular formula is C8H16O3. The fourth-order valence-electron chi connectivity index (χ4n) is 1.58. The molecule has 0 aromatic rings. The van der Waals surface area contributed by atoms with E-state index in [0.717, 1.165) is 12.8 Å². The lowest BCUT2D eigenvalue weighted by molar-refractivity contribution is -0.230. The maximum absolute atomic E-state index is 9.38. The van der Waals surface area contributed by atoms with E-state index >= 15 is 0 Å². The van der Waals surface area contributed by atoms with Crippen LogP contribution in [0.15, 0.2) is 0 Å². The molecular weight excluding hydrogens is 144 g/mol. The number of hydrogen-bond acceptors (Lipinski definition) is 3. The SMILES string of the molecule is CCC1CC(C)O[C@@H](O)[C@H]1O. The molecule has 1 aliphatic heterocycles. The number of aliphatic hydroxyl groups excluding tert-OH is 2. The zero-order chi connectivity index (χ0) is 8.43. The molecule has 2 unspecified atom stereocenters. The van der Waals surface area contributed by atoms with E-state index in [1.165, 1.54) is 0 Å². The Labute approximate surface area is 67.0 Å². The second kappa shape index (κ2) is 3.52. The van der Waals surface area contributed by atoms with Gasteiger partial charge in [0.1, 0.15) is 6.10 Å². The molecule has 1 heterocycles. The molecule has 1 saturated heterocycles. The largest absolute Gasteiger partial charge is 0.388 e. The van der Waals surface area contributed by atoms with Crippen LogP contribution in [0, 0.1) is 5.92 Å². The van der Waals surface area contributed by atoms with Crippen LogP contribution in [0.4, 0.5) is 0 Å². The fraction of sp³-hybridized carbons (Fsp3) is 1.00. The van der Waals surface area contributed by atoms with Gasteiger partial charge in [-0.2, -0.15) is 0 Å². The van der Waals surface area contributed by atoms with Crippen LogP contribution in [-0.4, -0.2) is 28.7 Å². The molecule has 11 heavy (non-hydrogen) atoms. The molecule has 2 N–H and O–H groups in total. The van der Waals surface area contributed by atoms with E-state index < -0.39 is 12.4 Å². The number of aliphatic hydroxyl groups is 2. The predicted octanol–water partition coefficient (Wildman–Crippen LogP) is 0.501. The Hall–Kier alpha value is -0.120. The lowest BCUT2D eigenvalue weighted by Crippen LogP contribution is -2.43. The topological polar surface area (TPSA) is 49.7 Å². The van der Waals surface area contributed by atoms with E-state index in [4.69, 9.17) is 4.74 Å². The highest BCUT2D eigenvalue weighted by Gasteiger charge is 2.33. The summed E-state index contributed by atoms with van der Waals surface area (Å²) >= 11 is 0. The van der Waals surface area contributed by atoms with Crippen LogP contribution in [0.1, 0.15) is 26.7 Å². The van der Waals surface area contributed by atoms with Gasteiger partial charge in [-0.1, -0.05) is 13.3 Å². The summed E-state index contributed by atoms with van der Waals surface area (Å²) in [4.78, 5) is 0. The van der Waals surface area contributed by atoms with Crippen molar-refractivity contribution in [3.63, 3.8) is 0 Å². The molecule has 0 radical (unpaired) electrons. The van der Waals surface area contributed by atoms with Gasteiger partial charge in [-0.25, -0.2) is 0 Å². The molecule has 0 aromatic heterocycles. The van der Waals surface area contributed by atoms with Gasteiger partial charge >= 0.3 is 0 Å². The third-order valence-corrected chi connectivity index (χ3v) is 2.31. The minimum Gasteiger partial charge on any atom is -0.388 e. The van der Waals surface area contributed by atoms with E-state index in [-0.39, 0.29) is 12.0 Å². The van der Waals surface area contributed by atoms with Crippen LogP contribution < -0.4 is 0 Å². The summed E-state index contributed by atoms with van der Waals surface area (Å²) in [6.07, 6.45) is 0.124. The summed E-state index contributed by atoms with van der Waals surface area (Å²) in [7, 11) is 0. The van der Waals surface area contributed by atoms with Gasteiger partial charge in [0, 0.05) is 0 Å². The van der Waals surface area contributed by atoms with Crippen molar-refractivity contribution in [2.75, 3.05) is 0 Å². The lowest BCUT2D eigenvalue weighted by Gasteiger charge is -2.35. The van der Waals surface area contributed by atoms with E-state index in [1.54, 1.807) is 0 Å². The van der Waals surface area contributed by atoms with Crippen LogP contribution in [-0.2, 0) is 4.74 Å². The normalized spacial score (nSPS) is 45.8. The summed E-state index contributed by atoms with van der Waals surface area (Å²) < 4.78 is 5.04. The first-order chi connectivity index (χ1) is 5.15. The van der Waals surface area contributed by atoms with Crippen molar-refractivity contribution >= 4 is 0 Å². The molecule has 3 nitrogen and oxygen atoms in total. The highest BCUT2D eigenvalue weighted by Crippen LogP contribution is 2.26. The van der Waals surface area contributed by atoms with E-state index in [9.17, 15) is 10.2 Å². The number of hydrogen-bond donors (Lipinski definition) is 2. The molecule has 3 heteroatoms. The zero-order valence-electron chi connectivity index (χ0n) is 7.03. The van der Waals surface area contributed by atoms with Crippen molar-refractivity contribution in [2.24, 2.45) is 5.92 Å². The van der Waals surface area contributed by atoms with Crippen LogP contribution >= 0.6 is 0 Å². The van der Waals surface area contributed by atoms with Crippen LogP contribution in [0.2, 0.25) is 0 Å². The lowest BCUT2D eigenvalue weighted by atomic mass is 9.90. The third-order valence-electron chi connectivity index (χ3n) is 2.31. The minimum absolute atomic E-state index is 0.0679. The molecule has 1 fully saturated rings. The minimum atomic E-state index is -0.983. The molecule has 0 bridgehead atoms. The van der Waals surface area contributed by atoms with Crippen molar-refractivity contribution in [3.8, 4) is 0 Å². The van der Waals surface area contributed by atoms with Gasteiger partial charge in [0.05, 0.1) is 6.10 Å². The molecule has 4 atom stereocenters. The van der Waals surface area contributed by atoms with Crippen molar-refractivity contribution in [3.05, 3.63) is 0 Å². The standard InChI is InChI=1S/C8H16O3/c1-3-6-4-5(2)11-8(10)7(6)9/h5-10H,3-4H2,1-2H3/t5?,6?,7-,8+/m0/s1. The first-order valence-corrected chi connectivity index (χ1v) is 4.16. The van der Waals surface area contributed by atoms with Crippen LogP contribution in [0.3, 0.4) is 0 Å². The molecule has 0 spiro atoms. The Morgan fingerprint density at radius 2 is 2.09 bits per heavy atom. The molecule has 0 aliphatic carbocycles. The Balaban J connectivity index is 2.51. The smallest absolute Gasteiger partial charge is 0.181 e. The summed E-state index contributed by atoms with van der Waals surface area (Å²) in [6.45, 7) is 3.93. The van der Waals surface area contributed by atoms with E-state index in [2.05, 4.69) is 0 Å². The summed E-state index contributed by atoms with van der Waals surface area (Å²) in [5, 5.41) is 18.6. The maximum atomic E-state index is 9.38. The van der Waals surface area contributed by atoms with Crippen LogP contribution in [0.5, 0.6) is 0 Å². The molecule has 0 saturated carbocycles. The van der Waals surface area contributed by atoms with Gasteiger partial charge in [0.2, 0.25) is 0 Å². The van der Waals surface area contributed by atoms with Gasteiger partial charge in [0.25, 0.3) is 0 Å². The Morgan fingerprint density at radius 1 is 1.45 bits per heavy atom. The Bertz CT molecular complexity index is 127. The highest BCUT2D eigenvalue weighted by atomic mass is 16.6. The predicted molar refractivity (Wildman–Crippen MR) is 41.0 cm³/mol. The van der Waals surface area contributed by atoms with Crippen molar-refractivity contribution in [2.45, 2.75) is 45.2 Å². The molecule has 0 amide bonds. The molecule has 66 valence electrons. The van der Waals surface area contributed by atoms with Gasteiger partial charge in [-0.15, -0.1) is 0 Å². The first-order valence-electron chi connectivity index (χ1n) is 4.16. The van der Waals surface area contributed by atoms with E-state index in [0.29, 0.717) is 0 Å². The summed E-state index contributed by atoms with van der Waals surface area (Å²) in [6, 6.07) is 0. The van der Waals surface area contributed by atoms with E-state index in [1.807, 2.05) is 13.8 Å². The number of rotatable bonds is 1. The fourth-order valence-corrected chi connectivity index (χ4v) is 1.58. The Morgan fingerprint density at radius 3 is 2.64 bits per heavy atom. The first kappa shape index (κ1) is 8.97. The third kappa shape index (κ3) is 1.92. The highest BCUT2D eigenvalue weighted by molar-refractivity contribution is 4.77. The second-order valence-corrected chi connectivity index (χ2v) is 3.23. The van der Waals surface area contributed by atoms with Gasteiger partial charge in [-0.05, 0) is 19.3 Å². The number of ether oxygens (including phenoxy) is 1. The average Bonchev–Trinajstić information content (AvgIpc) is 1.96. The van der Waals surface area contributed by atoms with Gasteiger partial charge < -0.3 is 14.9 Å². The van der Waals surface area contributed by atoms with Crippen molar-refractivity contribution < 1.29 is 14.9 Å². The zero-order valence-corrected chi connectivity index (χ0v) is 7.03. The average molecular weight is 160 g/mol. The monoisotopic (exact) mass is 160 g/mol.